The lowest BCUT2D eigenvalue weighted by Gasteiger charge is -2.43. The van der Waals surface area contributed by atoms with Crippen molar-refractivity contribution in [1.29, 1.82) is 0 Å². The number of nitrogens with zero attached hydrogens (tertiary/aromatic N) is 1. The van der Waals surface area contributed by atoms with Crippen molar-refractivity contribution in [2.24, 2.45) is 11.8 Å². The van der Waals surface area contributed by atoms with Crippen LogP contribution in [-0.2, 0) is 6.54 Å². The fourth-order valence-electron chi connectivity index (χ4n) is 3.01. The molecule has 2 unspecified atom stereocenters. The molecule has 1 aliphatic heterocycles. The summed E-state index contributed by atoms with van der Waals surface area (Å²) in [5.41, 5.74) is 1.40. The van der Waals surface area contributed by atoms with Gasteiger partial charge in [-0.05, 0) is 29.5 Å². The maximum absolute atomic E-state index is 3.73. The predicted octanol–water partition coefficient (Wildman–Crippen LogP) is 3.90. The Morgan fingerprint density at radius 1 is 1.25 bits per heavy atom. The number of benzene rings is 1. The summed E-state index contributed by atoms with van der Waals surface area (Å²) < 4.78 is 1.17. The van der Waals surface area contributed by atoms with Gasteiger partial charge in [-0.25, -0.2) is 0 Å². The third-order valence-electron chi connectivity index (χ3n) is 4.34. The van der Waals surface area contributed by atoms with E-state index in [0.717, 1.165) is 19.6 Å². The fourth-order valence-corrected chi connectivity index (χ4v) is 3.46. The summed E-state index contributed by atoms with van der Waals surface area (Å²) in [6.07, 6.45) is 0. The van der Waals surface area contributed by atoms with Crippen molar-refractivity contribution in [3.8, 4) is 0 Å². The molecule has 1 saturated heterocycles. The molecule has 0 radical (unpaired) electrons. The van der Waals surface area contributed by atoms with E-state index in [1.165, 1.54) is 10.0 Å². The normalized spacial score (nSPS) is 24.6. The molecule has 2 atom stereocenters. The Kier molecular flexibility index (Phi) is 5.65. The van der Waals surface area contributed by atoms with Crippen LogP contribution in [0.5, 0.6) is 0 Å². The molecule has 2 nitrogen and oxygen atoms in total. The van der Waals surface area contributed by atoms with Gasteiger partial charge in [-0.2, -0.15) is 0 Å². The topological polar surface area (TPSA) is 15.3 Å². The Bertz CT molecular complexity index is 431. The zero-order valence-electron chi connectivity index (χ0n) is 13.1. The zero-order chi connectivity index (χ0) is 14.7. The quantitative estimate of drug-likeness (QED) is 0.895. The number of halogens is 1. The summed E-state index contributed by atoms with van der Waals surface area (Å²) in [5, 5.41) is 3.73. The molecule has 0 aliphatic carbocycles. The molecule has 0 spiro atoms. The first-order valence-corrected chi connectivity index (χ1v) is 8.48. The number of hydrogen-bond acceptors (Lipinski definition) is 2. The van der Waals surface area contributed by atoms with Crippen LogP contribution in [0.25, 0.3) is 0 Å². The van der Waals surface area contributed by atoms with Gasteiger partial charge in [0.25, 0.3) is 0 Å². The minimum Gasteiger partial charge on any atom is -0.311 e. The van der Waals surface area contributed by atoms with E-state index in [4.69, 9.17) is 0 Å². The maximum Gasteiger partial charge on any atom is 0.0247 e. The largest absolute Gasteiger partial charge is 0.311 e. The van der Waals surface area contributed by atoms with E-state index in [1.54, 1.807) is 0 Å². The molecule has 20 heavy (non-hydrogen) atoms. The standard InChI is InChI=1S/C17H27BrN2/c1-12(2)16-11-20(17(9-19-16)13(3)4)10-14-6-5-7-15(18)8-14/h5-8,12-13,16-17,19H,9-11H2,1-4H3. The molecule has 1 aromatic carbocycles. The highest BCUT2D eigenvalue weighted by molar-refractivity contribution is 9.10. The van der Waals surface area contributed by atoms with E-state index in [2.05, 4.69) is 78.1 Å². The highest BCUT2D eigenvalue weighted by atomic mass is 79.9. The van der Waals surface area contributed by atoms with Crippen LogP contribution in [0.15, 0.2) is 28.7 Å². The second kappa shape index (κ2) is 7.06. The number of hydrogen-bond donors (Lipinski definition) is 1. The molecular weight excluding hydrogens is 312 g/mol. The van der Waals surface area contributed by atoms with E-state index in [0.29, 0.717) is 23.9 Å². The van der Waals surface area contributed by atoms with Crippen LogP contribution in [0.4, 0.5) is 0 Å². The lowest BCUT2D eigenvalue weighted by molar-refractivity contribution is 0.0783. The molecule has 3 heteroatoms. The molecule has 0 bridgehead atoms. The van der Waals surface area contributed by atoms with Crippen molar-refractivity contribution in [2.45, 2.75) is 46.3 Å². The van der Waals surface area contributed by atoms with E-state index < -0.39 is 0 Å². The third-order valence-corrected chi connectivity index (χ3v) is 4.83. The van der Waals surface area contributed by atoms with E-state index >= 15 is 0 Å². The van der Waals surface area contributed by atoms with Gasteiger partial charge in [0.2, 0.25) is 0 Å². The van der Waals surface area contributed by atoms with Gasteiger partial charge in [0.15, 0.2) is 0 Å². The Morgan fingerprint density at radius 2 is 2.00 bits per heavy atom. The lowest BCUT2D eigenvalue weighted by Crippen LogP contribution is -2.59. The molecular formula is C17H27BrN2. The summed E-state index contributed by atoms with van der Waals surface area (Å²) in [7, 11) is 0. The molecule has 1 aliphatic rings. The first-order valence-electron chi connectivity index (χ1n) is 7.69. The predicted molar refractivity (Wildman–Crippen MR) is 89.8 cm³/mol. The molecule has 1 heterocycles. The molecule has 0 saturated carbocycles. The average molecular weight is 339 g/mol. The van der Waals surface area contributed by atoms with Crippen LogP contribution in [0, 0.1) is 11.8 Å². The molecule has 1 fully saturated rings. The van der Waals surface area contributed by atoms with Gasteiger partial charge >= 0.3 is 0 Å². The van der Waals surface area contributed by atoms with Crippen molar-refractivity contribution in [2.75, 3.05) is 13.1 Å². The molecule has 112 valence electrons. The molecule has 1 aromatic rings. The van der Waals surface area contributed by atoms with Crippen molar-refractivity contribution in [3.05, 3.63) is 34.3 Å². The van der Waals surface area contributed by atoms with Gasteiger partial charge in [0.05, 0.1) is 0 Å². The number of nitrogens with one attached hydrogen (secondary N) is 1. The summed E-state index contributed by atoms with van der Waals surface area (Å²) in [4.78, 5) is 2.66. The smallest absolute Gasteiger partial charge is 0.0247 e. The van der Waals surface area contributed by atoms with Crippen molar-refractivity contribution in [3.63, 3.8) is 0 Å². The van der Waals surface area contributed by atoms with Gasteiger partial charge in [0.1, 0.15) is 0 Å². The summed E-state index contributed by atoms with van der Waals surface area (Å²) in [6.45, 7) is 12.6. The molecule has 0 amide bonds. The molecule has 1 N–H and O–H groups in total. The van der Waals surface area contributed by atoms with Crippen LogP contribution < -0.4 is 5.32 Å². The number of piperazine rings is 1. The van der Waals surface area contributed by atoms with Gasteiger partial charge < -0.3 is 5.32 Å². The SMILES string of the molecule is CC(C)C1CN(Cc2cccc(Br)c2)C(C(C)C)CN1. The highest BCUT2D eigenvalue weighted by Gasteiger charge is 2.30. The minimum atomic E-state index is 0.608. The maximum atomic E-state index is 3.73. The van der Waals surface area contributed by atoms with Gasteiger partial charge in [-0.15, -0.1) is 0 Å². The second-order valence-electron chi connectivity index (χ2n) is 6.63. The summed E-state index contributed by atoms with van der Waals surface area (Å²) in [5.74, 6) is 1.37. The number of rotatable bonds is 4. The van der Waals surface area contributed by atoms with Crippen LogP contribution >= 0.6 is 15.9 Å². The second-order valence-corrected chi connectivity index (χ2v) is 7.55. The first kappa shape index (κ1) is 16.0. The van der Waals surface area contributed by atoms with Gasteiger partial charge in [-0.3, -0.25) is 4.90 Å². The summed E-state index contributed by atoms with van der Waals surface area (Å²) in [6, 6.07) is 9.93. The Morgan fingerprint density at radius 3 is 2.60 bits per heavy atom. The monoisotopic (exact) mass is 338 g/mol. The summed E-state index contributed by atoms with van der Waals surface area (Å²) >= 11 is 3.58. The van der Waals surface area contributed by atoms with Crippen LogP contribution in [0.2, 0.25) is 0 Å². The Balaban J connectivity index is 2.11. The third kappa shape index (κ3) is 4.06. The Labute approximate surface area is 132 Å². The highest BCUT2D eigenvalue weighted by Crippen LogP contribution is 2.22. The van der Waals surface area contributed by atoms with Crippen molar-refractivity contribution in [1.82, 2.24) is 10.2 Å². The van der Waals surface area contributed by atoms with Crippen LogP contribution in [0.3, 0.4) is 0 Å². The van der Waals surface area contributed by atoms with Crippen LogP contribution in [0.1, 0.15) is 33.3 Å². The minimum absolute atomic E-state index is 0.608. The van der Waals surface area contributed by atoms with Gasteiger partial charge in [0, 0.05) is 36.2 Å². The van der Waals surface area contributed by atoms with Crippen LogP contribution in [-0.4, -0.2) is 30.1 Å². The van der Waals surface area contributed by atoms with E-state index in [9.17, 15) is 0 Å². The van der Waals surface area contributed by atoms with E-state index in [1.807, 2.05) is 0 Å². The average Bonchev–Trinajstić information content (AvgIpc) is 2.38. The molecule has 0 aromatic heterocycles. The van der Waals surface area contributed by atoms with Gasteiger partial charge in [-0.1, -0.05) is 55.8 Å². The van der Waals surface area contributed by atoms with Crippen molar-refractivity contribution < 1.29 is 0 Å². The zero-order valence-corrected chi connectivity index (χ0v) is 14.7. The lowest BCUT2D eigenvalue weighted by atomic mass is 9.94. The fraction of sp³-hybridized carbons (Fsp3) is 0.647. The van der Waals surface area contributed by atoms with Crippen molar-refractivity contribution >= 4 is 15.9 Å². The first-order chi connectivity index (χ1) is 9.47. The molecule has 2 rings (SSSR count). The Hall–Kier alpha value is -0.380. The van der Waals surface area contributed by atoms with E-state index in [-0.39, 0.29) is 0 Å².